The van der Waals surface area contributed by atoms with Gasteiger partial charge >= 0.3 is 6.03 Å². The van der Waals surface area contributed by atoms with Gasteiger partial charge in [0.2, 0.25) is 17.6 Å². The van der Waals surface area contributed by atoms with Gasteiger partial charge in [-0.1, -0.05) is 48.3 Å². The quantitative estimate of drug-likeness (QED) is 0.470. The monoisotopic (exact) mass is 474 g/mol. The molecule has 0 N–H and O–H groups in total. The maximum absolute atomic E-state index is 13.5. The number of carbonyl (C=O) groups excluding carboxylic acids is 2. The number of imide groups is 1. The summed E-state index contributed by atoms with van der Waals surface area (Å²) in [6.45, 7) is 3.10. The molecule has 1 saturated carbocycles. The van der Waals surface area contributed by atoms with Crippen LogP contribution in [-0.2, 0) is 17.8 Å². The van der Waals surface area contributed by atoms with Crippen molar-refractivity contribution < 1.29 is 18.8 Å². The first kappa shape index (κ1) is 23.1. The number of fused-ring (bicyclic) bond motifs is 1. The van der Waals surface area contributed by atoms with Crippen molar-refractivity contribution in [2.45, 2.75) is 51.6 Å². The zero-order valence-electron chi connectivity index (χ0n) is 19.9. The average Bonchev–Trinajstić information content (AvgIpc) is 3.36. The second-order valence-electron chi connectivity index (χ2n) is 9.06. The molecule has 2 heterocycles. The molecule has 8 nitrogen and oxygen atoms in total. The number of nitrogens with zero attached hydrogens (tertiary/aromatic N) is 4. The Hall–Kier alpha value is -3.68. The molecule has 2 unspecified atom stereocenters. The molecular formula is C27H30N4O4. The normalized spacial score (nSPS) is 20.1. The molecule has 3 aromatic rings. The Balaban J connectivity index is 1.33. The second-order valence-corrected chi connectivity index (χ2v) is 9.06. The van der Waals surface area contributed by atoms with Gasteiger partial charge in [-0.25, -0.2) is 4.79 Å². The van der Waals surface area contributed by atoms with Gasteiger partial charge in [0.15, 0.2) is 0 Å². The van der Waals surface area contributed by atoms with Crippen molar-refractivity contribution in [3.8, 4) is 17.1 Å². The van der Waals surface area contributed by atoms with Gasteiger partial charge in [0, 0.05) is 18.2 Å². The van der Waals surface area contributed by atoms with Gasteiger partial charge in [-0.15, -0.1) is 0 Å². The molecule has 0 bridgehead atoms. The van der Waals surface area contributed by atoms with Crippen LogP contribution in [0.5, 0.6) is 5.75 Å². The molecule has 35 heavy (non-hydrogen) atoms. The summed E-state index contributed by atoms with van der Waals surface area (Å²) in [5.74, 6) is 1.38. The van der Waals surface area contributed by atoms with Gasteiger partial charge in [0.1, 0.15) is 12.3 Å². The summed E-state index contributed by atoms with van der Waals surface area (Å²) in [5.41, 5.74) is 1.91. The van der Waals surface area contributed by atoms with Crippen molar-refractivity contribution in [1.29, 1.82) is 0 Å². The minimum absolute atomic E-state index is 0.0486. The van der Waals surface area contributed by atoms with E-state index >= 15 is 0 Å². The van der Waals surface area contributed by atoms with E-state index in [1.807, 2.05) is 61.5 Å². The van der Waals surface area contributed by atoms with Crippen LogP contribution >= 0.6 is 0 Å². The zero-order chi connectivity index (χ0) is 24.2. The zero-order valence-corrected chi connectivity index (χ0v) is 19.9. The standard InChI is InChI=1S/C27H30N4O4/c1-2-34-21-14-12-20(13-15-21)25-28-24(35-29-25)18-31-23-11-7-6-10-22(23)26(32)30(27(31)33)17-16-19-8-4-3-5-9-19/h3-5,8-9,12-15,22-23H,2,6-7,10-11,16-18H2,1H3. The molecular weight excluding hydrogens is 444 g/mol. The van der Waals surface area contributed by atoms with Crippen LogP contribution in [0, 0.1) is 5.92 Å². The first-order valence-electron chi connectivity index (χ1n) is 12.4. The molecule has 1 saturated heterocycles. The van der Waals surface area contributed by atoms with Crippen LogP contribution in [0.15, 0.2) is 59.1 Å². The number of urea groups is 1. The largest absolute Gasteiger partial charge is 0.494 e. The van der Waals surface area contributed by atoms with E-state index in [0.29, 0.717) is 31.3 Å². The summed E-state index contributed by atoms with van der Waals surface area (Å²) in [6.07, 6.45) is 4.25. The number of benzene rings is 2. The summed E-state index contributed by atoms with van der Waals surface area (Å²) in [7, 11) is 0. The Labute approximate surface area is 204 Å². The number of ether oxygens (including phenoxy) is 1. The first-order chi connectivity index (χ1) is 17.1. The van der Waals surface area contributed by atoms with Gasteiger partial charge in [-0.05, 0) is 56.0 Å². The number of aromatic nitrogens is 2. The molecule has 1 aliphatic carbocycles. The van der Waals surface area contributed by atoms with E-state index in [1.54, 1.807) is 4.90 Å². The van der Waals surface area contributed by atoms with Crippen LogP contribution in [0.3, 0.4) is 0 Å². The Morgan fingerprint density at radius 1 is 1.03 bits per heavy atom. The number of carbonyl (C=O) groups is 2. The third-order valence-corrected chi connectivity index (χ3v) is 6.85. The Morgan fingerprint density at radius 3 is 2.57 bits per heavy atom. The Kier molecular flexibility index (Phi) is 6.79. The molecule has 2 fully saturated rings. The molecule has 0 radical (unpaired) electrons. The van der Waals surface area contributed by atoms with E-state index in [1.165, 1.54) is 4.90 Å². The minimum Gasteiger partial charge on any atom is -0.494 e. The molecule has 1 aromatic heterocycles. The molecule has 1 aliphatic heterocycles. The fourth-order valence-corrected chi connectivity index (χ4v) is 5.09. The third-order valence-electron chi connectivity index (χ3n) is 6.85. The van der Waals surface area contributed by atoms with E-state index in [9.17, 15) is 9.59 Å². The summed E-state index contributed by atoms with van der Waals surface area (Å²) in [5, 5.41) is 4.12. The van der Waals surface area contributed by atoms with Crippen LogP contribution in [0.25, 0.3) is 11.4 Å². The molecule has 2 aliphatic rings. The van der Waals surface area contributed by atoms with Crippen molar-refractivity contribution in [1.82, 2.24) is 19.9 Å². The third kappa shape index (κ3) is 4.92. The predicted octanol–water partition coefficient (Wildman–Crippen LogP) is 4.70. The maximum Gasteiger partial charge on any atom is 0.327 e. The van der Waals surface area contributed by atoms with Crippen LogP contribution in [0.4, 0.5) is 4.79 Å². The molecule has 3 amide bonds. The van der Waals surface area contributed by atoms with E-state index in [0.717, 1.165) is 42.6 Å². The van der Waals surface area contributed by atoms with Crippen LogP contribution in [0.2, 0.25) is 0 Å². The lowest BCUT2D eigenvalue weighted by atomic mass is 9.81. The fraction of sp³-hybridized carbons (Fsp3) is 0.407. The van der Waals surface area contributed by atoms with Crippen molar-refractivity contribution >= 4 is 11.9 Å². The summed E-state index contributed by atoms with van der Waals surface area (Å²) in [4.78, 5) is 34.5. The number of rotatable bonds is 8. The minimum atomic E-state index is -0.269. The highest BCUT2D eigenvalue weighted by Crippen LogP contribution is 2.35. The lowest BCUT2D eigenvalue weighted by Crippen LogP contribution is -2.62. The molecule has 182 valence electrons. The molecule has 5 rings (SSSR count). The van der Waals surface area contributed by atoms with E-state index in [-0.39, 0.29) is 30.4 Å². The summed E-state index contributed by atoms with van der Waals surface area (Å²) < 4.78 is 11.0. The van der Waals surface area contributed by atoms with Gasteiger partial charge < -0.3 is 14.2 Å². The molecule has 2 atom stereocenters. The molecule has 8 heteroatoms. The molecule has 0 spiro atoms. The van der Waals surface area contributed by atoms with Crippen molar-refractivity contribution in [2.24, 2.45) is 5.92 Å². The van der Waals surface area contributed by atoms with Crippen molar-refractivity contribution in [3.05, 3.63) is 66.1 Å². The van der Waals surface area contributed by atoms with Crippen LogP contribution in [0.1, 0.15) is 44.1 Å². The van der Waals surface area contributed by atoms with Gasteiger partial charge in [-0.3, -0.25) is 9.69 Å². The lowest BCUT2D eigenvalue weighted by Gasteiger charge is -2.46. The van der Waals surface area contributed by atoms with Crippen LogP contribution in [-0.4, -0.2) is 51.1 Å². The van der Waals surface area contributed by atoms with E-state index in [4.69, 9.17) is 9.26 Å². The predicted molar refractivity (Wildman–Crippen MR) is 129 cm³/mol. The highest BCUT2D eigenvalue weighted by atomic mass is 16.5. The smallest absolute Gasteiger partial charge is 0.327 e. The fourth-order valence-electron chi connectivity index (χ4n) is 5.09. The average molecular weight is 475 g/mol. The number of amides is 3. The number of hydrogen-bond acceptors (Lipinski definition) is 6. The van der Waals surface area contributed by atoms with Gasteiger partial charge in [0.05, 0.1) is 12.5 Å². The van der Waals surface area contributed by atoms with E-state index in [2.05, 4.69) is 10.1 Å². The van der Waals surface area contributed by atoms with E-state index < -0.39 is 0 Å². The van der Waals surface area contributed by atoms with Gasteiger partial charge in [0.25, 0.3) is 0 Å². The lowest BCUT2D eigenvalue weighted by molar-refractivity contribution is -0.140. The van der Waals surface area contributed by atoms with Gasteiger partial charge in [-0.2, -0.15) is 4.98 Å². The highest BCUT2D eigenvalue weighted by Gasteiger charge is 2.47. The van der Waals surface area contributed by atoms with Crippen molar-refractivity contribution in [3.63, 3.8) is 0 Å². The number of hydrogen-bond donors (Lipinski definition) is 0. The summed E-state index contributed by atoms with van der Waals surface area (Å²) >= 11 is 0. The maximum atomic E-state index is 13.5. The van der Waals surface area contributed by atoms with Crippen LogP contribution < -0.4 is 4.74 Å². The Morgan fingerprint density at radius 2 is 1.80 bits per heavy atom. The highest BCUT2D eigenvalue weighted by molar-refractivity contribution is 5.98. The first-order valence-corrected chi connectivity index (χ1v) is 12.4. The SMILES string of the molecule is CCOc1ccc(-c2noc(CN3C(=O)N(CCc4ccccc4)C(=O)C4CCCCC43)n2)cc1. The van der Waals surface area contributed by atoms with Crippen molar-refractivity contribution in [2.75, 3.05) is 13.2 Å². The second kappa shape index (κ2) is 10.3. The Bertz CT molecular complexity index is 1160. The molecule has 2 aromatic carbocycles. The topological polar surface area (TPSA) is 88.8 Å². The summed E-state index contributed by atoms with van der Waals surface area (Å²) in [6, 6.07) is 17.0.